The van der Waals surface area contributed by atoms with Crippen molar-refractivity contribution in [2.24, 2.45) is 0 Å². The van der Waals surface area contributed by atoms with Gasteiger partial charge in [-0.2, -0.15) is 0 Å². The summed E-state index contributed by atoms with van der Waals surface area (Å²) in [7, 11) is 0. The molecule has 27 heavy (non-hydrogen) atoms. The van der Waals surface area contributed by atoms with E-state index in [4.69, 9.17) is 0 Å². The van der Waals surface area contributed by atoms with Crippen LogP contribution in [-0.2, 0) is 11.3 Å². The Balaban J connectivity index is 1.66. The lowest BCUT2D eigenvalue weighted by atomic mass is 9.98. The number of hydrogen-bond donors (Lipinski definition) is 1. The maximum atomic E-state index is 13.9. The third-order valence-electron chi connectivity index (χ3n) is 4.58. The van der Waals surface area contributed by atoms with Gasteiger partial charge in [0.05, 0.1) is 22.8 Å². The molecule has 2 aromatic rings. The predicted octanol–water partition coefficient (Wildman–Crippen LogP) is 3.47. The minimum Gasteiger partial charge on any atom is -0.350 e. The fraction of sp³-hybridized carbons (Fsp3) is 0.421. The molecular weight excluding hydrogens is 372 g/mol. The highest BCUT2D eigenvalue weighted by molar-refractivity contribution is 7.09. The van der Waals surface area contributed by atoms with Crippen LogP contribution in [0.1, 0.15) is 53.2 Å². The minimum absolute atomic E-state index is 0.0275. The third-order valence-corrected chi connectivity index (χ3v) is 5.63. The van der Waals surface area contributed by atoms with Crippen LogP contribution in [0.4, 0.5) is 8.78 Å². The molecule has 0 bridgehead atoms. The lowest BCUT2D eigenvalue weighted by molar-refractivity contribution is -0.120. The number of nitrogens with zero attached hydrogens (tertiary/aromatic N) is 2. The van der Waals surface area contributed by atoms with E-state index < -0.39 is 17.5 Å². The van der Waals surface area contributed by atoms with Crippen LogP contribution in [0, 0.1) is 11.6 Å². The summed E-state index contributed by atoms with van der Waals surface area (Å²) in [6.45, 7) is 3.17. The van der Waals surface area contributed by atoms with Gasteiger partial charge in [-0.1, -0.05) is 6.92 Å². The van der Waals surface area contributed by atoms with Crippen LogP contribution >= 0.6 is 11.3 Å². The first-order valence-electron chi connectivity index (χ1n) is 8.93. The molecule has 0 radical (unpaired) electrons. The second-order valence-corrected chi connectivity index (χ2v) is 7.41. The van der Waals surface area contributed by atoms with Gasteiger partial charge in [0.25, 0.3) is 5.91 Å². The Bertz CT molecular complexity index is 840. The fourth-order valence-electron chi connectivity index (χ4n) is 3.10. The van der Waals surface area contributed by atoms with Crippen LogP contribution in [0.2, 0.25) is 0 Å². The van der Waals surface area contributed by atoms with E-state index in [0.29, 0.717) is 26.1 Å². The Morgan fingerprint density at radius 3 is 2.93 bits per heavy atom. The molecule has 0 unspecified atom stereocenters. The quantitative estimate of drug-likeness (QED) is 0.846. The van der Waals surface area contributed by atoms with Gasteiger partial charge in [0.1, 0.15) is 11.6 Å². The number of carbonyl (C=O) groups excluding carboxylic acids is 2. The number of thiazole rings is 1. The number of carbonyl (C=O) groups is 2. The average molecular weight is 393 g/mol. The summed E-state index contributed by atoms with van der Waals surface area (Å²) in [5, 5.41) is 5.61. The first-order valence-corrected chi connectivity index (χ1v) is 9.81. The van der Waals surface area contributed by atoms with Crippen molar-refractivity contribution in [3.05, 3.63) is 51.5 Å². The third kappa shape index (κ3) is 4.68. The van der Waals surface area contributed by atoms with Crippen LogP contribution in [0.3, 0.4) is 0 Å². The number of aromatic nitrogens is 1. The molecule has 1 aliphatic rings. The molecular formula is C19H21F2N3O2S. The molecule has 1 saturated heterocycles. The minimum atomic E-state index is -0.842. The lowest BCUT2D eigenvalue weighted by Gasteiger charge is -2.32. The number of hydrogen-bond acceptors (Lipinski definition) is 4. The molecule has 3 rings (SSSR count). The van der Waals surface area contributed by atoms with E-state index >= 15 is 0 Å². The topological polar surface area (TPSA) is 62.3 Å². The van der Waals surface area contributed by atoms with Gasteiger partial charge < -0.3 is 10.2 Å². The zero-order valence-corrected chi connectivity index (χ0v) is 15.8. The predicted molar refractivity (Wildman–Crippen MR) is 98.5 cm³/mol. The number of nitrogens with one attached hydrogen (secondary N) is 1. The molecule has 1 fully saturated rings. The summed E-state index contributed by atoms with van der Waals surface area (Å²) < 4.78 is 27.0. The molecule has 1 aromatic carbocycles. The highest BCUT2D eigenvalue weighted by atomic mass is 32.1. The number of likely N-dealkylation sites (tertiary alicyclic amines) is 1. The van der Waals surface area contributed by atoms with Crippen LogP contribution < -0.4 is 5.32 Å². The Kier molecular flexibility index (Phi) is 6.15. The first kappa shape index (κ1) is 19.4. The van der Waals surface area contributed by atoms with Crippen molar-refractivity contribution >= 4 is 23.2 Å². The van der Waals surface area contributed by atoms with Crippen molar-refractivity contribution in [1.82, 2.24) is 15.2 Å². The van der Waals surface area contributed by atoms with E-state index in [0.717, 1.165) is 35.7 Å². The lowest BCUT2D eigenvalue weighted by Crippen LogP contribution is -2.39. The second kappa shape index (κ2) is 8.56. The van der Waals surface area contributed by atoms with Gasteiger partial charge in [-0.25, -0.2) is 13.8 Å². The summed E-state index contributed by atoms with van der Waals surface area (Å²) in [6.07, 6.45) is 2.11. The van der Waals surface area contributed by atoms with Crippen LogP contribution in [0.25, 0.3) is 0 Å². The standard InChI is InChI=1S/C19H21F2N3O2S/c1-2-17(25)22-9-14-11-27-18(23-14)12-4-3-7-24(10-12)19(26)15-6-5-13(20)8-16(15)21/h5-6,8,11-12H,2-4,7,9-10H2,1H3,(H,22,25)/t12-/m0/s1. The van der Waals surface area contributed by atoms with Crippen molar-refractivity contribution in [2.75, 3.05) is 13.1 Å². The van der Waals surface area contributed by atoms with E-state index in [1.165, 1.54) is 17.4 Å². The van der Waals surface area contributed by atoms with E-state index in [1.54, 1.807) is 11.8 Å². The number of halogens is 2. The molecule has 1 N–H and O–H groups in total. The molecule has 2 amide bonds. The Labute approximate surface area is 160 Å². The van der Waals surface area contributed by atoms with Crippen LogP contribution in [-0.4, -0.2) is 34.8 Å². The molecule has 5 nitrogen and oxygen atoms in total. The molecule has 0 saturated carbocycles. The monoisotopic (exact) mass is 393 g/mol. The van der Waals surface area contributed by atoms with Gasteiger partial charge >= 0.3 is 0 Å². The maximum absolute atomic E-state index is 13.9. The maximum Gasteiger partial charge on any atom is 0.256 e. The van der Waals surface area contributed by atoms with E-state index in [9.17, 15) is 18.4 Å². The smallest absolute Gasteiger partial charge is 0.256 e. The number of amides is 2. The Morgan fingerprint density at radius 2 is 2.19 bits per heavy atom. The first-order chi connectivity index (χ1) is 13.0. The molecule has 8 heteroatoms. The van der Waals surface area contributed by atoms with Gasteiger partial charge in [0, 0.05) is 36.9 Å². The summed E-state index contributed by atoms with van der Waals surface area (Å²) in [5.41, 5.74) is 0.684. The fourth-order valence-corrected chi connectivity index (χ4v) is 4.05. The van der Waals surface area contributed by atoms with Gasteiger partial charge in [0.15, 0.2) is 0 Å². The number of rotatable bonds is 5. The Hall–Kier alpha value is -2.35. The molecule has 1 atom stereocenters. The highest BCUT2D eigenvalue weighted by Gasteiger charge is 2.28. The van der Waals surface area contributed by atoms with Crippen molar-refractivity contribution < 1.29 is 18.4 Å². The van der Waals surface area contributed by atoms with Gasteiger partial charge in [0.2, 0.25) is 5.91 Å². The van der Waals surface area contributed by atoms with Crippen molar-refractivity contribution in [2.45, 2.75) is 38.6 Å². The number of piperidine rings is 1. The molecule has 144 valence electrons. The van der Waals surface area contributed by atoms with Gasteiger partial charge in [-0.15, -0.1) is 11.3 Å². The molecule has 1 aliphatic heterocycles. The van der Waals surface area contributed by atoms with Gasteiger partial charge in [-0.3, -0.25) is 9.59 Å². The summed E-state index contributed by atoms with van der Waals surface area (Å²) in [5.74, 6) is -1.92. The second-order valence-electron chi connectivity index (χ2n) is 6.52. The van der Waals surface area contributed by atoms with Gasteiger partial charge in [-0.05, 0) is 25.0 Å². The average Bonchev–Trinajstić information content (AvgIpc) is 3.15. The van der Waals surface area contributed by atoms with E-state index in [1.807, 2.05) is 5.38 Å². The van der Waals surface area contributed by atoms with Crippen molar-refractivity contribution in [1.29, 1.82) is 0 Å². The molecule has 0 spiro atoms. The van der Waals surface area contributed by atoms with Crippen LogP contribution in [0.5, 0.6) is 0 Å². The molecule has 1 aromatic heterocycles. The summed E-state index contributed by atoms with van der Waals surface area (Å²) in [4.78, 5) is 30.2. The van der Waals surface area contributed by atoms with E-state index in [-0.39, 0.29) is 17.4 Å². The molecule has 2 heterocycles. The molecule has 0 aliphatic carbocycles. The summed E-state index contributed by atoms with van der Waals surface area (Å²) in [6, 6.07) is 3.01. The number of benzene rings is 1. The normalized spacial score (nSPS) is 17.0. The highest BCUT2D eigenvalue weighted by Crippen LogP contribution is 2.30. The largest absolute Gasteiger partial charge is 0.350 e. The Morgan fingerprint density at radius 1 is 1.37 bits per heavy atom. The zero-order chi connectivity index (χ0) is 19.4. The summed E-state index contributed by atoms with van der Waals surface area (Å²) >= 11 is 1.51. The SMILES string of the molecule is CCC(=O)NCc1csc([C@H]2CCCN(C(=O)c3ccc(F)cc3F)C2)n1. The zero-order valence-electron chi connectivity index (χ0n) is 15.0. The van der Waals surface area contributed by atoms with Crippen LogP contribution in [0.15, 0.2) is 23.6 Å². The van der Waals surface area contributed by atoms with Crippen molar-refractivity contribution in [3.63, 3.8) is 0 Å². The van der Waals surface area contributed by atoms with Crippen molar-refractivity contribution in [3.8, 4) is 0 Å². The van der Waals surface area contributed by atoms with E-state index in [2.05, 4.69) is 10.3 Å².